The minimum Gasteiger partial charge on any atom is -0.494 e. The normalized spacial score (nSPS) is 10.3. The number of amides is 1. The standard InChI is InChI=1S/C20H19N3O2/c1-2-25-18-7-5-16(6-8-18)20(24)23-14-17-4-3-11-22-19(17)15-9-12-21-13-10-15/h3-13H,2,14H2,1H3,(H,23,24). The molecule has 0 saturated carbocycles. The van der Waals surface area contributed by atoms with E-state index in [0.29, 0.717) is 18.7 Å². The quantitative estimate of drug-likeness (QED) is 0.750. The predicted octanol–water partition coefficient (Wildman–Crippen LogP) is 3.47. The van der Waals surface area contributed by atoms with E-state index in [9.17, 15) is 4.79 Å². The average molecular weight is 333 g/mol. The first-order valence-corrected chi connectivity index (χ1v) is 8.13. The lowest BCUT2D eigenvalue weighted by molar-refractivity contribution is 0.0951. The van der Waals surface area contributed by atoms with Crippen LogP contribution in [0.5, 0.6) is 5.75 Å². The lowest BCUT2D eigenvalue weighted by atomic mass is 10.1. The first-order valence-electron chi connectivity index (χ1n) is 8.13. The van der Waals surface area contributed by atoms with Gasteiger partial charge < -0.3 is 10.1 Å². The molecule has 5 heteroatoms. The van der Waals surface area contributed by atoms with Gasteiger partial charge in [-0.25, -0.2) is 0 Å². The van der Waals surface area contributed by atoms with Crippen LogP contribution in [0.2, 0.25) is 0 Å². The molecular weight excluding hydrogens is 314 g/mol. The number of carbonyl (C=O) groups is 1. The van der Waals surface area contributed by atoms with Gasteiger partial charge in [-0.2, -0.15) is 0 Å². The third-order valence-electron chi connectivity index (χ3n) is 3.71. The van der Waals surface area contributed by atoms with Crippen molar-refractivity contribution < 1.29 is 9.53 Å². The summed E-state index contributed by atoms with van der Waals surface area (Å²) in [5, 5.41) is 2.94. The van der Waals surface area contributed by atoms with Gasteiger partial charge in [0, 0.05) is 36.3 Å². The summed E-state index contributed by atoms with van der Waals surface area (Å²) in [6, 6.07) is 14.7. The second-order valence-electron chi connectivity index (χ2n) is 5.39. The maximum Gasteiger partial charge on any atom is 0.251 e. The van der Waals surface area contributed by atoms with Crippen molar-refractivity contribution >= 4 is 5.91 Å². The van der Waals surface area contributed by atoms with E-state index in [2.05, 4.69) is 15.3 Å². The highest BCUT2D eigenvalue weighted by Gasteiger charge is 2.09. The first-order chi connectivity index (χ1) is 12.3. The number of ether oxygens (including phenoxy) is 1. The molecule has 0 aliphatic carbocycles. The Balaban J connectivity index is 1.70. The molecule has 25 heavy (non-hydrogen) atoms. The predicted molar refractivity (Wildman–Crippen MR) is 96.2 cm³/mol. The summed E-state index contributed by atoms with van der Waals surface area (Å²) in [5.41, 5.74) is 3.36. The van der Waals surface area contributed by atoms with Gasteiger partial charge >= 0.3 is 0 Å². The zero-order valence-corrected chi connectivity index (χ0v) is 14.0. The summed E-state index contributed by atoms with van der Waals surface area (Å²) < 4.78 is 5.39. The van der Waals surface area contributed by atoms with Gasteiger partial charge in [0.05, 0.1) is 12.3 Å². The molecule has 2 aromatic heterocycles. The lowest BCUT2D eigenvalue weighted by Gasteiger charge is -2.10. The van der Waals surface area contributed by atoms with E-state index >= 15 is 0 Å². The summed E-state index contributed by atoms with van der Waals surface area (Å²) in [6.45, 7) is 2.93. The Bertz CT molecular complexity index is 833. The molecule has 3 rings (SSSR count). The monoisotopic (exact) mass is 333 g/mol. The Hall–Kier alpha value is -3.21. The smallest absolute Gasteiger partial charge is 0.251 e. The van der Waals surface area contributed by atoms with Gasteiger partial charge in [0.2, 0.25) is 0 Å². The summed E-state index contributed by atoms with van der Waals surface area (Å²) in [4.78, 5) is 20.8. The molecule has 5 nitrogen and oxygen atoms in total. The first kappa shape index (κ1) is 16.6. The summed E-state index contributed by atoms with van der Waals surface area (Å²) in [5.74, 6) is 0.624. The summed E-state index contributed by atoms with van der Waals surface area (Å²) >= 11 is 0. The van der Waals surface area contributed by atoms with Crippen molar-refractivity contribution in [3.63, 3.8) is 0 Å². The van der Waals surface area contributed by atoms with Gasteiger partial charge in [0.15, 0.2) is 0 Å². The van der Waals surface area contributed by atoms with Crippen LogP contribution in [0.4, 0.5) is 0 Å². The van der Waals surface area contributed by atoms with Crippen molar-refractivity contribution in [3.8, 4) is 17.0 Å². The minimum absolute atomic E-state index is 0.132. The molecule has 0 aliphatic heterocycles. The van der Waals surface area contributed by atoms with Gasteiger partial charge in [-0.1, -0.05) is 6.07 Å². The molecule has 0 fully saturated rings. The third kappa shape index (κ3) is 4.20. The van der Waals surface area contributed by atoms with Crippen LogP contribution in [-0.4, -0.2) is 22.5 Å². The van der Waals surface area contributed by atoms with E-state index in [1.165, 1.54) is 0 Å². The summed E-state index contributed by atoms with van der Waals surface area (Å²) in [6.07, 6.45) is 5.20. The molecule has 2 heterocycles. The van der Waals surface area contributed by atoms with E-state index in [4.69, 9.17) is 4.74 Å². The number of rotatable bonds is 6. The van der Waals surface area contributed by atoms with Gasteiger partial charge in [0.1, 0.15) is 5.75 Å². The number of nitrogens with zero attached hydrogens (tertiary/aromatic N) is 2. The second-order valence-corrected chi connectivity index (χ2v) is 5.39. The Morgan fingerprint density at radius 3 is 2.52 bits per heavy atom. The number of carbonyl (C=O) groups excluding carboxylic acids is 1. The minimum atomic E-state index is -0.132. The van der Waals surface area contributed by atoms with Crippen LogP contribution in [0.3, 0.4) is 0 Å². The molecule has 1 N–H and O–H groups in total. The van der Waals surface area contributed by atoms with E-state index in [-0.39, 0.29) is 5.91 Å². The van der Waals surface area contributed by atoms with Crippen LogP contribution in [0.25, 0.3) is 11.3 Å². The molecule has 1 aromatic carbocycles. The molecule has 126 valence electrons. The van der Waals surface area contributed by atoms with E-state index in [1.54, 1.807) is 42.9 Å². The van der Waals surface area contributed by atoms with Gasteiger partial charge in [-0.05, 0) is 55.0 Å². The maximum absolute atomic E-state index is 12.4. The number of nitrogens with one attached hydrogen (secondary N) is 1. The Morgan fingerprint density at radius 2 is 1.80 bits per heavy atom. The third-order valence-corrected chi connectivity index (χ3v) is 3.71. The Labute approximate surface area is 146 Å². The highest BCUT2D eigenvalue weighted by Crippen LogP contribution is 2.20. The van der Waals surface area contributed by atoms with Crippen molar-refractivity contribution in [2.24, 2.45) is 0 Å². The number of aromatic nitrogens is 2. The van der Waals surface area contributed by atoms with Crippen molar-refractivity contribution in [1.82, 2.24) is 15.3 Å². The molecule has 0 unspecified atom stereocenters. The van der Waals surface area contributed by atoms with Crippen LogP contribution in [0, 0.1) is 0 Å². The van der Waals surface area contributed by atoms with Gasteiger partial charge in [0.25, 0.3) is 5.91 Å². The van der Waals surface area contributed by atoms with Gasteiger partial charge in [-0.15, -0.1) is 0 Å². The zero-order chi connectivity index (χ0) is 17.5. The number of hydrogen-bond acceptors (Lipinski definition) is 4. The van der Waals surface area contributed by atoms with Crippen molar-refractivity contribution in [2.75, 3.05) is 6.61 Å². The Morgan fingerprint density at radius 1 is 1.04 bits per heavy atom. The van der Waals surface area contributed by atoms with Crippen LogP contribution in [0.1, 0.15) is 22.8 Å². The van der Waals surface area contributed by atoms with E-state index in [0.717, 1.165) is 22.6 Å². The number of benzene rings is 1. The van der Waals surface area contributed by atoms with Crippen LogP contribution >= 0.6 is 0 Å². The molecule has 0 aliphatic rings. The van der Waals surface area contributed by atoms with Crippen LogP contribution < -0.4 is 10.1 Å². The van der Waals surface area contributed by atoms with Crippen molar-refractivity contribution in [3.05, 3.63) is 78.2 Å². The Kier molecular flexibility index (Phi) is 5.36. The highest BCUT2D eigenvalue weighted by atomic mass is 16.5. The molecular formula is C20H19N3O2. The molecule has 0 atom stereocenters. The molecule has 0 radical (unpaired) electrons. The SMILES string of the molecule is CCOc1ccc(C(=O)NCc2cccnc2-c2ccncc2)cc1. The second kappa shape index (κ2) is 8.06. The zero-order valence-electron chi connectivity index (χ0n) is 14.0. The van der Waals surface area contributed by atoms with Crippen molar-refractivity contribution in [2.45, 2.75) is 13.5 Å². The molecule has 0 saturated heterocycles. The van der Waals surface area contributed by atoms with Gasteiger partial charge in [-0.3, -0.25) is 14.8 Å². The summed E-state index contributed by atoms with van der Waals surface area (Å²) in [7, 11) is 0. The topological polar surface area (TPSA) is 64.1 Å². The van der Waals surface area contributed by atoms with Crippen molar-refractivity contribution in [1.29, 1.82) is 0 Å². The average Bonchev–Trinajstić information content (AvgIpc) is 2.68. The fourth-order valence-electron chi connectivity index (χ4n) is 2.50. The largest absolute Gasteiger partial charge is 0.494 e. The highest BCUT2D eigenvalue weighted by molar-refractivity contribution is 5.94. The number of pyridine rings is 2. The lowest BCUT2D eigenvalue weighted by Crippen LogP contribution is -2.23. The fourth-order valence-corrected chi connectivity index (χ4v) is 2.50. The van der Waals surface area contributed by atoms with Crippen LogP contribution in [0.15, 0.2) is 67.1 Å². The maximum atomic E-state index is 12.4. The fraction of sp³-hybridized carbons (Fsp3) is 0.150. The molecule has 0 bridgehead atoms. The van der Waals surface area contributed by atoms with Crippen LogP contribution in [-0.2, 0) is 6.54 Å². The molecule has 3 aromatic rings. The van der Waals surface area contributed by atoms with E-state index in [1.807, 2.05) is 31.2 Å². The molecule has 1 amide bonds. The van der Waals surface area contributed by atoms with E-state index < -0.39 is 0 Å². The number of hydrogen-bond donors (Lipinski definition) is 1. The molecule has 0 spiro atoms.